The number of ether oxygens (including phenoxy) is 1. The van der Waals surface area contributed by atoms with Crippen LogP contribution >= 0.6 is 0 Å². The lowest BCUT2D eigenvalue weighted by atomic mass is 9.44. The van der Waals surface area contributed by atoms with E-state index in [-0.39, 0.29) is 5.97 Å². The molecule has 0 aliphatic heterocycles. The molecule has 3 heteroatoms. The van der Waals surface area contributed by atoms with Gasteiger partial charge in [-0.25, -0.2) is 4.79 Å². The maximum Gasteiger partial charge on any atom is 0.333 e. The van der Waals surface area contributed by atoms with E-state index in [1.807, 2.05) is 13.8 Å². The third-order valence-electron chi connectivity index (χ3n) is 6.22. The lowest BCUT2D eigenvalue weighted by molar-refractivity contribution is -0.234. The van der Waals surface area contributed by atoms with E-state index >= 15 is 0 Å². The van der Waals surface area contributed by atoms with Crippen molar-refractivity contribution in [3.8, 4) is 6.07 Å². The monoisotopic (exact) mass is 287 g/mol. The van der Waals surface area contributed by atoms with Gasteiger partial charge in [-0.3, -0.25) is 0 Å². The molecule has 0 radical (unpaired) electrons. The van der Waals surface area contributed by atoms with Crippen LogP contribution in [0, 0.1) is 40.4 Å². The van der Waals surface area contributed by atoms with Gasteiger partial charge < -0.3 is 4.74 Å². The Balaban J connectivity index is 2.03. The molecule has 4 aliphatic carbocycles. The van der Waals surface area contributed by atoms with Crippen LogP contribution in [0.2, 0.25) is 0 Å². The van der Waals surface area contributed by atoms with Crippen LogP contribution < -0.4 is 0 Å². The summed E-state index contributed by atoms with van der Waals surface area (Å²) in [4.78, 5) is 12.3. The molecular formula is C18H25NO2. The number of hydrogen-bond donors (Lipinski definition) is 0. The highest BCUT2D eigenvalue weighted by Gasteiger charge is 2.65. The van der Waals surface area contributed by atoms with E-state index in [0.29, 0.717) is 17.4 Å². The number of hydrogen-bond acceptors (Lipinski definition) is 3. The molecule has 0 heterocycles. The molecule has 0 unspecified atom stereocenters. The van der Waals surface area contributed by atoms with E-state index in [2.05, 4.69) is 12.6 Å². The van der Waals surface area contributed by atoms with Gasteiger partial charge >= 0.3 is 5.97 Å². The van der Waals surface area contributed by atoms with Crippen molar-refractivity contribution < 1.29 is 9.53 Å². The summed E-state index contributed by atoms with van der Waals surface area (Å²) in [5.74, 6) is 1.90. The molecule has 0 amide bonds. The molecule has 0 N–H and O–H groups in total. The molecule has 0 aromatic heterocycles. The Bertz CT molecular complexity index is 498. The second-order valence-corrected chi connectivity index (χ2v) is 8.00. The first kappa shape index (κ1) is 14.6. The van der Waals surface area contributed by atoms with Crippen LogP contribution in [0.1, 0.15) is 52.9 Å². The van der Waals surface area contributed by atoms with E-state index in [0.717, 1.165) is 37.5 Å². The van der Waals surface area contributed by atoms with Crippen molar-refractivity contribution in [3.63, 3.8) is 0 Å². The van der Waals surface area contributed by atoms with Crippen LogP contribution in [0.5, 0.6) is 0 Å². The zero-order chi connectivity index (χ0) is 15.4. The SMILES string of the molecule is C=C(C)C(=O)OC1(C(C)(C)C#N)C2CC3CC(C2)CC1C3. The van der Waals surface area contributed by atoms with Gasteiger partial charge in [0.05, 0.1) is 11.5 Å². The number of rotatable bonds is 3. The number of nitriles is 1. The van der Waals surface area contributed by atoms with Crippen LogP contribution in [0.25, 0.3) is 0 Å². The van der Waals surface area contributed by atoms with Crippen molar-refractivity contribution in [2.45, 2.75) is 58.5 Å². The summed E-state index contributed by atoms with van der Waals surface area (Å²) in [5.41, 5.74) is -0.844. The molecule has 0 atom stereocenters. The molecular weight excluding hydrogens is 262 g/mol. The summed E-state index contributed by atoms with van der Waals surface area (Å²) in [6.07, 6.45) is 5.79. The van der Waals surface area contributed by atoms with Gasteiger partial charge in [0.15, 0.2) is 0 Å². The van der Waals surface area contributed by atoms with E-state index in [1.54, 1.807) is 6.92 Å². The molecule has 0 saturated heterocycles. The summed E-state index contributed by atoms with van der Waals surface area (Å²) < 4.78 is 6.07. The molecule has 21 heavy (non-hydrogen) atoms. The Labute approximate surface area is 127 Å². The third-order valence-corrected chi connectivity index (χ3v) is 6.22. The summed E-state index contributed by atoms with van der Waals surface area (Å²) in [7, 11) is 0. The molecule has 4 rings (SSSR count). The molecule has 114 valence electrons. The highest BCUT2D eigenvalue weighted by atomic mass is 16.6. The third kappa shape index (κ3) is 1.95. The normalized spacial score (nSPS) is 40.7. The number of nitrogens with zero attached hydrogens (tertiary/aromatic N) is 1. The predicted octanol–water partition coefficient (Wildman–Crippen LogP) is 3.85. The molecule has 3 nitrogen and oxygen atoms in total. The van der Waals surface area contributed by atoms with Crippen LogP contribution in [0.15, 0.2) is 12.2 Å². The number of carbonyl (C=O) groups excluding carboxylic acids is 1. The molecule has 0 spiro atoms. The summed E-state index contributed by atoms with van der Waals surface area (Å²) in [6.45, 7) is 9.30. The quantitative estimate of drug-likeness (QED) is 0.585. The molecule has 4 aliphatic rings. The predicted molar refractivity (Wildman–Crippen MR) is 80.1 cm³/mol. The van der Waals surface area contributed by atoms with Crippen molar-refractivity contribution in [1.82, 2.24) is 0 Å². The zero-order valence-corrected chi connectivity index (χ0v) is 13.3. The largest absolute Gasteiger partial charge is 0.453 e. The van der Waals surface area contributed by atoms with Crippen LogP contribution in [0.3, 0.4) is 0 Å². The smallest absolute Gasteiger partial charge is 0.333 e. The van der Waals surface area contributed by atoms with Crippen LogP contribution in [0.4, 0.5) is 0 Å². The van der Waals surface area contributed by atoms with Crippen molar-refractivity contribution in [3.05, 3.63) is 12.2 Å². The molecule has 4 saturated carbocycles. The summed E-state index contributed by atoms with van der Waals surface area (Å²) in [6, 6.07) is 2.45. The van der Waals surface area contributed by atoms with Crippen LogP contribution in [-0.4, -0.2) is 11.6 Å². The average molecular weight is 287 g/mol. The van der Waals surface area contributed by atoms with Gasteiger partial charge in [-0.05, 0) is 64.7 Å². The first-order valence-electron chi connectivity index (χ1n) is 8.10. The van der Waals surface area contributed by atoms with Gasteiger partial charge in [0.1, 0.15) is 5.60 Å². The first-order chi connectivity index (χ1) is 9.80. The minimum Gasteiger partial charge on any atom is -0.453 e. The van der Waals surface area contributed by atoms with Gasteiger partial charge in [0.25, 0.3) is 0 Å². The van der Waals surface area contributed by atoms with E-state index in [1.165, 1.54) is 6.42 Å². The van der Waals surface area contributed by atoms with Gasteiger partial charge in [-0.2, -0.15) is 5.26 Å². The Kier molecular flexibility index (Phi) is 3.20. The zero-order valence-electron chi connectivity index (χ0n) is 13.3. The molecule has 4 fully saturated rings. The van der Waals surface area contributed by atoms with E-state index < -0.39 is 11.0 Å². The number of esters is 1. The Morgan fingerprint density at radius 2 is 1.67 bits per heavy atom. The molecule has 4 bridgehead atoms. The maximum absolute atomic E-state index is 12.3. The Morgan fingerprint density at radius 3 is 2.05 bits per heavy atom. The maximum atomic E-state index is 12.3. The van der Waals surface area contributed by atoms with Crippen molar-refractivity contribution in [1.29, 1.82) is 5.26 Å². The van der Waals surface area contributed by atoms with Crippen molar-refractivity contribution in [2.24, 2.45) is 29.1 Å². The van der Waals surface area contributed by atoms with E-state index in [4.69, 9.17) is 4.74 Å². The topological polar surface area (TPSA) is 50.1 Å². The fourth-order valence-corrected chi connectivity index (χ4v) is 5.53. The lowest BCUT2D eigenvalue weighted by Gasteiger charge is -2.63. The summed E-state index contributed by atoms with van der Waals surface area (Å²) >= 11 is 0. The standard InChI is InChI=1S/C18H25NO2/c1-11(2)16(20)21-18(17(3,4)10-19)14-6-12-5-13(8-14)9-15(18)7-12/h12-15H,1,5-9H2,2-4H3. The van der Waals surface area contributed by atoms with Crippen LogP contribution in [-0.2, 0) is 9.53 Å². The van der Waals surface area contributed by atoms with Gasteiger partial charge in [-0.1, -0.05) is 6.58 Å². The minimum atomic E-state index is -0.652. The Hall–Kier alpha value is -1.30. The first-order valence-corrected chi connectivity index (χ1v) is 8.10. The fraction of sp³-hybridized carbons (Fsp3) is 0.778. The molecule has 0 aromatic rings. The van der Waals surface area contributed by atoms with Gasteiger partial charge in [0, 0.05) is 17.4 Å². The number of carbonyl (C=O) groups is 1. The second-order valence-electron chi connectivity index (χ2n) is 8.00. The highest BCUT2D eigenvalue weighted by Crippen LogP contribution is 2.64. The minimum absolute atomic E-state index is 0.328. The summed E-state index contributed by atoms with van der Waals surface area (Å²) in [5, 5.41) is 9.73. The highest BCUT2D eigenvalue weighted by molar-refractivity contribution is 5.87. The van der Waals surface area contributed by atoms with Crippen molar-refractivity contribution in [2.75, 3.05) is 0 Å². The molecule has 0 aromatic carbocycles. The average Bonchev–Trinajstić information content (AvgIpc) is 2.41. The van der Waals surface area contributed by atoms with Gasteiger partial charge in [-0.15, -0.1) is 0 Å². The lowest BCUT2D eigenvalue weighted by Crippen LogP contribution is -2.66. The Morgan fingerprint density at radius 1 is 1.19 bits per heavy atom. The van der Waals surface area contributed by atoms with Gasteiger partial charge in [0.2, 0.25) is 0 Å². The second kappa shape index (κ2) is 4.60. The fourth-order valence-electron chi connectivity index (χ4n) is 5.53. The van der Waals surface area contributed by atoms with Crippen molar-refractivity contribution >= 4 is 5.97 Å². The van der Waals surface area contributed by atoms with E-state index in [9.17, 15) is 10.1 Å².